The Morgan fingerprint density at radius 3 is 2.24 bits per heavy atom. The summed E-state index contributed by atoms with van der Waals surface area (Å²) < 4.78 is 26.6. The Labute approximate surface area is 288 Å². The van der Waals surface area contributed by atoms with Crippen molar-refractivity contribution in [3.63, 3.8) is 0 Å². The van der Waals surface area contributed by atoms with Crippen LogP contribution in [0.25, 0.3) is 20.9 Å². The lowest BCUT2D eigenvalue weighted by molar-refractivity contribution is -0.130. The molecule has 0 spiro atoms. The van der Waals surface area contributed by atoms with Gasteiger partial charge in [0.25, 0.3) is 5.91 Å². The first-order chi connectivity index (χ1) is 24.5. The molecule has 0 aromatic heterocycles. The van der Waals surface area contributed by atoms with Gasteiger partial charge in [-0.25, -0.2) is 14.8 Å². The van der Waals surface area contributed by atoms with Crippen molar-refractivity contribution in [1.82, 2.24) is 10.9 Å². The van der Waals surface area contributed by atoms with E-state index in [-0.39, 0.29) is 44.4 Å². The number of aliphatic imine (C=N–C) groups is 1. The van der Waals surface area contributed by atoms with Crippen LogP contribution in [0.15, 0.2) is 112 Å². The number of aliphatic hydroxyl groups excluding tert-OH is 1. The van der Waals surface area contributed by atoms with Crippen molar-refractivity contribution in [2.75, 3.05) is 19.8 Å². The maximum absolute atomic E-state index is 14.6. The molecule has 1 heterocycles. The lowest BCUT2D eigenvalue weighted by Gasteiger charge is -2.32. The fourth-order valence-electron chi connectivity index (χ4n) is 5.73. The van der Waals surface area contributed by atoms with Crippen LogP contribution in [0.2, 0.25) is 0 Å². The number of rotatable bonds is 17. The predicted molar refractivity (Wildman–Crippen MR) is 185 cm³/mol. The number of carbonyl (C=O) groups excluding carboxylic acids is 1. The number of halogens is 1. The Morgan fingerprint density at radius 2 is 1.54 bits per heavy atom. The van der Waals surface area contributed by atoms with Crippen LogP contribution < -0.4 is 15.6 Å². The number of ether oxygens (including phenoxy) is 2. The summed E-state index contributed by atoms with van der Waals surface area (Å²) in [5.74, 6) is -0.0718. The number of hydrogen-bond donors (Lipinski definition) is 3. The van der Waals surface area contributed by atoms with Gasteiger partial charge in [-0.3, -0.25) is 10.2 Å². The second kappa shape index (κ2) is 17.5. The van der Waals surface area contributed by atoms with Gasteiger partial charge in [-0.15, -0.1) is 0 Å². The van der Waals surface area contributed by atoms with E-state index in [1.807, 2.05) is 30.3 Å². The average molecular weight is 678 g/mol. The maximum atomic E-state index is 14.6. The molecular weight excluding hydrogens is 641 g/mol. The molecule has 0 unspecified atom stereocenters. The van der Waals surface area contributed by atoms with Gasteiger partial charge >= 0.3 is 0 Å². The summed E-state index contributed by atoms with van der Waals surface area (Å²) in [5.41, 5.74) is 26.0. The first kappa shape index (κ1) is 35.4. The summed E-state index contributed by atoms with van der Waals surface area (Å²) >= 11 is 0. The fourth-order valence-corrected chi connectivity index (χ4v) is 5.73. The number of aliphatic hydroxyl groups is 1. The van der Waals surface area contributed by atoms with Crippen molar-refractivity contribution in [2.45, 2.75) is 44.0 Å². The Morgan fingerprint density at radius 1 is 0.900 bits per heavy atom. The summed E-state index contributed by atoms with van der Waals surface area (Å²) in [7, 11) is 0. The summed E-state index contributed by atoms with van der Waals surface area (Å²) in [4.78, 5) is 25.5. The zero-order valence-corrected chi connectivity index (χ0v) is 27.2. The highest BCUT2D eigenvalue weighted by atomic mass is 19.1. The van der Waals surface area contributed by atoms with Crippen LogP contribution in [-0.4, -0.2) is 42.2 Å². The van der Waals surface area contributed by atoms with Crippen LogP contribution >= 0.6 is 0 Å². The maximum Gasteiger partial charge on any atom is 0.266 e. The van der Waals surface area contributed by atoms with Crippen molar-refractivity contribution >= 4 is 11.8 Å². The number of hydrazine groups is 1. The van der Waals surface area contributed by atoms with Crippen LogP contribution in [-0.2, 0) is 35.5 Å². The van der Waals surface area contributed by atoms with Crippen LogP contribution in [0.3, 0.4) is 0 Å². The Bertz CT molecular complexity index is 1910. The minimum atomic E-state index is -1.63. The van der Waals surface area contributed by atoms with Gasteiger partial charge in [0.2, 0.25) is 5.90 Å². The molecular formula is C36H36FN9O4. The van der Waals surface area contributed by atoms with Gasteiger partial charge in [0.05, 0.1) is 19.7 Å². The smallest absolute Gasteiger partial charge is 0.266 e. The minimum Gasteiger partial charge on any atom is -0.494 e. The summed E-state index contributed by atoms with van der Waals surface area (Å²) in [6.07, 6.45) is -0.159. The van der Waals surface area contributed by atoms with E-state index in [2.05, 4.69) is 30.9 Å². The quantitative estimate of drug-likeness (QED) is 0.0374. The fraction of sp³-hybridized carbons (Fsp3) is 0.278. The SMILES string of the molecule is [N-]=[N+]=NCc1ccccc1C[C@]1(C(=O)NNCCc2ccccc2F)N=C(c2ccc(OCCCO)cc2)O[C@H]1c1ccccc1CN=[N+]=[N-]. The van der Waals surface area contributed by atoms with E-state index in [0.29, 0.717) is 58.6 Å². The molecule has 0 bridgehead atoms. The third kappa shape index (κ3) is 8.56. The molecule has 13 nitrogen and oxygen atoms in total. The molecule has 14 heteroatoms. The van der Waals surface area contributed by atoms with E-state index in [9.17, 15) is 9.18 Å². The molecule has 3 N–H and O–H groups in total. The van der Waals surface area contributed by atoms with E-state index >= 15 is 0 Å². The summed E-state index contributed by atoms with van der Waals surface area (Å²) in [6, 6.07) is 28.0. The molecule has 0 saturated carbocycles. The van der Waals surface area contributed by atoms with E-state index in [1.165, 1.54) is 6.07 Å². The highest BCUT2D eigenvalue weighted by Crippen LogP contribution is 2.44. The largest absolute Gasteiger partial charge is 0.494 e. The number of nitrogens with zero attached hydrogens (tertiary/aromatic N) is 7. The van der Waals surface area contributed by atoms with Crippen LogP contribution in [0.5, 0.6) is 5.75 Å². The summed E-state index contributed by atoms with van der Waals surface area (Å²) in [5, 5.41) is 16.6. The molecule has 4 aromatic carbocycles. The van der Waals surface area contributed by atoms with E-state index < -0.39 is 17.6 Å². The van der Waals surface area contributed by atoms with Gasteiger partial charge in [0, 0.05) is 41.4 Å². The van der Waals surface area contributed by atoms with Gasteiger partial charge < -0.3 is 14.6 Å². The monoisotopic (exact) mass is 677 g/mol. The highest BCUT2D eigenvalue weighted by Gasteiger charge is 2.54. The topological polar surface area (TPSA) is 190 Å². The van der Waals surface area contributed by atoms with Crippen molar-refractivity contribution in [1.29, 1.82) is 0 Å². The molecule has 0 radical (unpaired) electrons. The number of benzene rings is 4. The van der Waals surface area contributed by atoms with E-state index in [0.717, 1.165) is 0 Å². The molecule has 1 aliphatic rings. The average Bonchev–Trinajstić information content (AvgIpc) is 3.53. The standard InChI is InChI=1S/C36H36FN9O4/c37-32-13-6-4-8-25(32)18-19-40-44-35(48)36(22-27-9-1-2-10-28(27)23-41-45-38)33(31-12-5-3-11-29(31)24-42-46-39)50-34(43-36)26-14-16-30(17-15-26)49-21-7-20-47/h1-6,8-17,33,40,47H,7,18-24H2,(H,44,48)/t33-,36-/m0/s1. The second-order valence-corrected chi connectivity index (χ2v) is 11.4. The molecule has 50 heavy (non-hydrogen) atoms. The van der Waals surface area contributed by atoms with Crippen molar-refractivity contribution in [2.24, 2.45) is 15.2 Å². The van der Waals surface area contributed by atoms with Crippen LogP contribution in [0.1, 0.15) is 45.9 Å². The zero-order valence-electron chi connectivity index (χ0n) is 27.2. The Hall–Kier alpha value is -5.91. The van der Waals surface area contributed by atoms with Gasteiger partial charge in [-0.05, 0) is 75.6 Å². The third-order valence-corrected chi connectivity index (χ3v) is 8.23. The predicted octanol–water partition coefficient (Wildman–Crippen LogP) is 6.57. The molecule has 1 aliphatic heterocycles. The molecule has 5 rings (SSSR count). The van der Waals surface area contributed by atoms with Crippen LogP contribution in [0, 0.1) is 5.82 Å². The Kier molecular flexibility index (Phi) is 12.4. The van der Waals surface area contributed by atoms with Crippen LogP contribution in [0.4, 0.5) is 4.39 Å². The number of nitrogens with one attached hydrogen (secondary N) is 2. The second-order valence-electron chi connectivity index (χ2n) is 11.4. The lowest BCUT2D eigenvalue weighted by Crippen LogP contribution is -2.54. The molecule has 0 fully saturated rings. The first-order valence-electron chi connectivity index (χ1n) is 16.0. The first-order valence-corrected chi connectivity index (χ1v) is 16.0. The lowest BCUT2D eigenvalue weighted by atomic mass is 9.80. The van der Waals surface area contributed by atoms with E-state index in [4.69, 9.17) is 30.6 Å². The van der Waals surface area contributed by atoms with Gasteiger partial charge in [0.1, 0.15) is 11.6 Å². The number of amides is 1. The van der Waals surface area contributed by atoms with Gasteiger partial charge in [-0.2, -0.15) is 0 Å². The van der Waals surface area contributed by atoms with Crippen molar-refractivity contribution in [3.05, 3.63) is 157 Å². The number of hydrogen-bond acceptors (Lipinski definition) is 8. The van der Waals surface area contributed by atoms with Gasteiger partial charge in [0.15, 0.2) is 11.6 Å². The molecule has 0 saturated heterocycles. The summed E-state index contributed by atoms with van der Waals surface area (Å²) in [6.45, 7) is 0.648. The van der Waals surface area contributed by atoms with Gasteiger partial charge in [-0.1, -0.05) is 77.0 Å². The zero-order chi connectivity index (χ0) is 35.2. The normalized spacial score (nSPS) is 16.4. The molecule has 1 amide bonds. The Balaban J connectivity index is 1.58. The molecule has 0 aliphatic carbocycles. The minimum absolute atomic E-state index is 0.00774. The highest BCUT2D eigenvalue weighted by molar-refractivity contribution is 6.01. The molecule has 256 valence electrons. The van der Waals surface area contributed by atoms with Crippen molar-refractivity contribution in [3.8, 4) is 5.75 Å². The third-order valence-electron chi connectivity index (χ3n) is 8.23. The molecule has 4 aromatic rings. The van der Waals surface area contributed by atoms with Crippen molar-refractivity contribution < 1.29 is 23.8 Å². The number of azide groups is 2. The molecule has 2 atom stereocenters. The van der Waals surface area contributed by atoms with E-state index in [1.54, 1.807) is 60.7 Å². The number of carbonyl (C=O) groups is 1.